The minimum atomic E-state index is -3.61. The molecule has 2 aromatic rings. The van der Waals surface area contributed by atoms with Gasteiger partial charge in [-0.1, -0.05) is 48.5 Å². The number of aliphatic hydroxyl groups is 1. The van der Waals surface area contributed by atoms with Crippen molar-refractivity contribution >= 4 is 15.7 Å². The minimum Gasteiger partial charge on any atom is -0.389 e. The summed E-state index contributed by atoms with van der Waals surface area (Å²) in [5, 5.41) is 10.7. The maximum absolute atomic E-state index is 13.3. The van der Waals surface area contributed by atoms with Crippen LogP contribution in [0.15, 0.2) is 60.7 Å². The summed E-state index contributed by atoms with van der Waals surface area (Å²) in [6.45, 7) is 1.88. The van der Waals surface area contributed by atoms with Crippen LogP contribution < -0.4 is 4.31 Å². The highest BCUT2D eigenvalue weighted by atomic mass is 32.2. The zero-order valence-electron chi connectivity index (χ0n) is 14.0. The summed E-state index contributed by atoms with van der Waals surface area (Å²) in [5.74, 6) is 0. The van der Waals surface area contributed by atoms with Crippen LogP contribution in [0.1, 0.15) is 12.0 Å². The smallest absolute Gasteiger partial charge is 0.244 e. The number of benzene rings is 2. The molecule has 0 aliphatic carbocycles. The fraction of sp³-hybridized carbons (Fsp3) is 0.368. The second-order valence-electron chi connectivity index (χ2n) is 6.90. The maximum Gasteiger partial charge on any atom is 0.244 e. The molecule has 25 heavy (non-hydrogen) atoms. The molecule has 0 aromatic heterocycles. The molecule has 2 unspecified atom stereocenters. The lowest BCUT2D eigenvalue weighted by atomic mass is 10.0. The Bertz CT molecular complexity index is 841. The SMILES string of the molecule is O=S1(=O)N(c2ccccc2)CC(O)C12CCN(Cc1ccccc1)C2. The van der Waals surface area contributed by atoms with E-state index in [4.69, 9.17) is 0 Å². The number of β-amino-alcohol motifs (C(OH)–C–C–N with tert-alkyl or cyclic N) is 1. The Morgan fingerprint density at radius 2 is 1.68 bits per heavy atom. The van der Waals surface area contributed by atoms with Gasteiger partial charge in [-0.05, 0) is 24.1 Å². The van der Waals surface area contributed by atoms with E-state index in [0.29, 0.717) is 31.7 Å². The Morgan fingerprint density at radius 1 is 1.04 bits per heavy atom. The van der Waals surface area contributed by atoms with Crippen molar-refractivity contribution < 1.29 is 13.5 Å². The number of para-hydroxylation sites is 1. The summed E-state index contributed by atoms with van der Waals surface area (Å²) >= 11 is 0. The van der Waals surface area contributed by atoms with Crippen molar-refractivity contribution in [2.75, 3.05) is 23.9 Å². The van der Waals surface area contributed by atoms with Gasteiger partial charge < -0.3 is 5.11 Å². The second kappa shape index (κ2) is 6.12. The molecule has 6 heteroatoms. The van der Waals surface area contributed by atoms with Crippen molar-refractivity contribution in [3.05, 3.63) is 66.2 Å². The van der Waals surface area contributed by atoms with Crippen LogP contribution in [0, 0.1) is 0 Å². The average molecular weight is 358 g/mol. The molecule has 2 heterocycles. The van der Waals surface area contributed by atoms with Gasteiger partial charge in [0.05, 0.1) is 18.3 Å². The van der Waals surface area contributed by atoms with Crippen molar-refractivity contribution in [3.63, 3.8) is 0 Å². The molecule has 2 aliphatic heterocycles. The van der Waals surface area contributed by atoms with Crippen molar-refractivity contribution in [1.29, 1.82) is 0 Å². The molecule has 0 saturated carbocycles. The van der Waals surface area contributed by atoms with Crippen LogP contribution >= 0.6 is 0 Å². The highest BCUT2D eigenvalue weighted by Crippen LogP contribution is 2.43. The highest BCUT2D eigenvalue weighted by molar-refractivity contribution is 7.94. The van der Waals surface area contributed by atoms with Crippen LogP contribution in [0.25, 0.3) is 0 Å². The number of hydrogen-bond donors (Lipinski definition) is 1. The summed E-state index contributed by atoms with van der Waals surface area (Å²) in [5.41, 5.74) is 1.78. The van der Waals surface area contributed by atoms with Gasteiger partial charge in [-0.25, -0.2) is 8.42 Å². The highest BCUT2D eigenvalue weighted by Gasteiger charge is 2.61. The van der Waals surface area contributed by atoms with Crippen LogP contribution in [-0.2, 0) is 16.6 Å². The van der Waals surface area contributed by atoms with Crippen LogP contribution in [-0.4, -0.2) is 48.9 Å². The van der Waals surface area contributed by atoms with E-state index < -0.39 is 20.9 Å². The predicted molar refractivity (Wildman–Crippen MR) is 97.8 cm³/mol. The Hall–Kier alpha value is -1.89. The van der Waals surface area contributed by atoms with Gasteiger partial charge >= 0.3 is 0 Å². The van der Waals surface area contributed by atoms with E-state index in [9.17, 15) is 13.5 Å². The fourth-order valence-corrected chi connectivity index (χ4v) is 6.28. The fourth-order valence-electron chi connectivity index (χ4n) is 3.99. The molecular formula is C19H22N2O3S. The van der Waals surface area contributed by atoms with Crippen molar-refractivity contribution in [1.82, 2.24) is 4.90 Å². The monoisotopic (exact) mass is 358 g/mol. The number of nitrogens with zero attached hydrogens (tertiary/aromatic N) is 2. The lowest BCUT2D eigenvalue weighted by Crippen LogP contribution is -2.47. The quantitative estimate of drug-likeness (QED) is 0.910. The molecule has 1 N–H and O–H groups in total. The summed E-state index contributed by atoms with van der Waals surface area (Å²) < 4.78 is 26.8. The number of aliphatic hydroxyl groups excluding tert-OH is 1. The summed E-state index contributed by atoms with van der Waals surface area (Å²) in [4.78, 5) is 2.13. The van der Waals surface area contributed by atoms with E-state index in [1.165, 1.54) is 4.31 Å². The Balaban J connectivity index is 1.60. The number of likely N-dealkylation sites (tertiary alicyclic amines) is 1. The van der Waals surface area contributed by atoms with Gasteiger partial charge in [0.2, 0.25) is 10.0 Å². The van der Waals surface area contributed by atoms with Gasteiger partial charge in [0.25, 0.3) is 0 Å². The summed E-state index contributed by atoms with van der Waals surface area (Å²) in [6, 6.07) is 19.1. The van der Waals surface area contributed by atoms with Crippen LogP contribution in [0.5, 0.6) is 0 Å². The van der Waals surface area contributed by atoms with Crippen molar-refractivity contribution in [2.45, 2.75) is 23.8 Å². The average Bonchev–Trinajstić information content (AvgIpc) is 3.13. The Morgan fingerprint density at radius 3 is 2.36 bits per heavy atom. The number of sulfonamides is 1. The van der Waals surface area contributed by atoms with E-state index in [0.717, 1.165) is 5.56 Å². The summed E-state index contributed by atoms with van der Waals surface area (Å²) in [6.07, 6.45) is -0.411. The number of rotatable bonds is 3. The molecule has 2 aromatic carbocycles. The second-order valence-corrected chi connectivity index (χ2v) is 9.10. The first-order valence-electron chi connectivity index (χ1n) is 8.55. The third kappa shape index (κ3) is 2.65. The molecule has 4 rings (SSSR count). The molecule has 1 spiro atoms. The van der Waals surface area contributed by atoms with E-state index in [-0.39, 0.29) is 6.54 Å². The van der Waals surface area contributed by atoms with Crippen LogP contribution in [0.4, 0.5) is 5.69 Å². The van der Waals surface area contributed by atoms with Gasteiger partial charge in [-0.15, -0.1) is 0 Å². The molecule has 0 amide bonds. The lowest BCUT2D eigenvalue weighted by molar-refractivity contribution is 0.143. The topological polar surface area (TPSA) is 60.9 Å². The molecule has 5 nitrogen and oxygen atoms in total. The molecule has 0 radical (unpaired) electrons. The molecule has 132 valence electrons. The van der Waals surface area contributed by atoms with Gasteiger partial charge in [-0.3, -0.25) is 9.21 Å². The van der Waals surface area contributed by atoms with Crippen LogP contribution in [0.2, 0.25) is 0 Å². The molecule has 2 atom stereocenters. The largest absolute Gasteiger partial charge is 0.389 e. The normalized spacial score (nSPS) is 28.7. The molecule has 0 bridgehead atoms. The molecule has 2 aliphatic rings. The van der Waals surface area contributed by atoms with Gasteiger partial charge in [0.15, 0.2) is 0 Å². The predicted octanol–water partition coefficient (Wildman–Crippen LogP) is 1.84. The third-order valence-electron chi connectivity index (χ3n) is 5.39. The van der Waals surface area contributed by atoms with Gasteiger partial charge in [-0.2, -0.15) is 0 Å². The minimum absolute atomic E-state index is 0.130. The van der Waals surface area contributed by atoms with Gasteiger partial charge in [0.1, 0.15) is 4.75 Å². The van der Waals surface area contributed by atoms with E-state index >= 15 is 0 Å². The zero-order chi connectivity index (χ0) is 17.5. The molecular weight excluding hydrogens is 336 g/mol. The van der Waals surface area contributed by atoms with Crippen molar-refractivity contribution in [3.8, 4) is 0 Å². The third-order valence-corrected chi connectivity index (χ3v) is 7.96. The van der Waals surface area contributed by atoms with Crippen LogP contribution in [0.3, 0.4) is 0 Å². The Labute approximate surface area is 148 Å². The summed E-state index contributed by atoms with van der Waals surface area (Å²) in [7, 11) is -3.61. The first-order chi connectivity index (χ1) is 12.0. The lowest BCUT2D eigenvalue weighted by Gasteiger charge is -2.27. The van der Waals surface area contributed by atoms with E-state index in [1.54, 1.807) is 12.1 Å². The van der Waals surface area contributed by atoms with Crippen molar-refractivity contribution in [2.24, 2.45) is 0 Å². The zero-order valence-corrected chi connectivity index (χ0v) is 14.8. The molecule has 2 fully saturated rings. The van der Waals surface area contributed by atoms with E-state index in [1.807, 2.05) is 48.5 Å². The van der Waals surface area contributed by atoms with Gasteiger partial charge in [0, 0.05) is 19.6 Å². The first kappa shape index (κ1) is 16.6. The number of hydrogen-bond acceptors (Lipinski definition) is 4. The number of anilines is 1. The Kier molecular flexibility index (Phi) is 4.06. The first-order valence-corrected chi connectivity index (χ1v) is 9.99. The molecule has 2 saturated heterocycles. The maximum atomic E-state index is 13.3. The standard InChI is InChI=1S/C19H22N2O3S/c22-18-14-21(17-9-5-2-6-10-17)25(23,24)19(18)11-12-20(15-19)13-16-7-3-1-4-8-16/h1-10,18,22H,11-15H2. The van der Waals surface area contributed by atoms with E-state index in [2.05, 4.69) is 4.90 Å².